The van der Waals surface area contributed by atoms with Gasteiger partial charge < -0.3 is 25.0 Å². The highest BCUT2D eigenvalue weighted by atomic mass is 35.5. The molecule has 2 atom stereocenters. The summed E-state index contributed by atoms with van der Waals surface area (Å²) in [7, 11) is 0. The van der Waals surface area contributed by atoms with Gasteiger partial charge in [0.05, 0.1) is 23.3 Å². The van der Waals surface area contributed by atoms with Crippen LogP contribution < -0.4 is 25.0 Å². The molecule has 2 N–H and O–H groups in total. The number of carbonyl (C=O) groups excluding carboxylic acids is 1. The average molecular weight is 484 g/mol. The van der Waals surface area contributed by atoms with Crippen molar-refractivity contribution in [2.24, 2.45) is 0 Å². The fourth-order valence-electron chi connectivity index (χ4n) is 4.13. The molecule has 2 aliphatic heterocycles. The van der Waals surface area contributed by atoms with E-state index in [1.807, 2.05) is 0 Å². The molecule has 0 spiro atoms. The second-order valence-electron chi connectivity index (χ2n) is 8.13. The second-order valence-corrected chi connectivity index (χ2v) is 8.53. The van der Waals surface area contributed by atoms with Crippen LogP contribution in [0.25, 0.3) is 0 Å². The Balaban J connectivity index is 1.36. The Kier molecular flexibility index (Phi) is 7.19. The molecule has 4 rings (SSSR count). The summed E-state index contributed by atoms with van der Waals surface area (Å²) in [4.78, 5) is 14.2. The van der Waals surface area contributed by atoms with E-state index in [2.05, 4.69) is 15.4 Å². The molecule has 0 radical (unpaired) electrons. The Morgan fingerprint density at radius 1 is 1.12 bits per heavy atom. The maximum Gasteiger partial charge on any atom is 0.573 e. The van der Waals surface area contributed by atoms with Crippen LogP contribution in [0.2, 0.25) is 5.02 Å². The second kappa shape index (κ2) is 10.1. The largest absolute Gasteiger partial charge is 0.573 e. The first-order valence-electron chi connectivity index (χ1n) is 10.9. The Morgan fingerprint density at radius 3 is 2.67 bits per heavy atom. The first-order chi connectivity index (χ1) is 15.8. The first-order valence-corrected chi connectivity index (χ1v) is 11.3. The Morgan fingerprint density at radius 2 is 1.94 bits per heavy atom. The third kappa shape index (κ3) is 6.23. The normalized spacial score (nSPS) is 21.0. The van der Waals surface area contributed by atoms with E-state index in [0.717, 1.165) is 25.8 Å². The van der Waals surface area contributed by atoms with Gasteiger partial charge in [-0.25, -0.2) is 0 Å². The number of benzene rings is 2. The number of anilines is 2. The average Bonchev–Trinajstić information content (AvgIpc) is 3.24. The molecule has 33 heavy (non-hydrogen) atoms. The van der Waals surface area contributed by atoms with Crippen LogP contribution in [0.3, 0.4) is 0 Å². The quantitative estimate of drug-likeness (QED) is 0.607. The maximum absolute atomic E-state index is 12.7. The molecule has 0 unspecified atom stereocenters. The fourth-order valence-corrected chi connectivity index (χ4v) is 4.36. The lowest BCUT2D eigenvalue weighted by atomic mass is 10.0. The molecule has 2 saturated heterocycles. The SMILES string of the molecule is O=C(Nc1ccc(O[C@H]2CCN(c3ccccc3OC(F)(F)F)C2)c(Cl)c1)[C@H]1CCCCN1. The highest BCUT2D eigenvalue weighted by Gasteiger charge is 2.34. The Labute approximate surface area is 195 Å². The Hall–Kier alpha value is -2.65. The summed E-state index contributed by atoms with van der Waals surface area (Å²) in [6.45, 7) is 1.74. The van der Waals surface area contributed by atoms with Gasteiger partial charge in [0.1, 0.15) is 11.9 Å². The van der Waals surface area contributed by atoms with Crippen molar-refractivity contribution in [1.29, 1.82) is 0 Å². The summed E-state index contributed by atoms with van der Waals surface area (Å²) in [5, 5.41) is 6.42. The number of nitrogens with one attached hydrogen (secondary N) is 2. The minimum Gasteiger partial charge on any atom is -0.487 e. The van der Waals surface area contributed by atoms with Crippen LogP contribution in [0, 0.1) is 0 Å². The van der Waals surface area contributed by atoms with Crippen LogP contribution in [-0.4, -0.2) is 44.0 Å². The molecular weight excluding hydrogens is 459 g/mol. The lowest BCUT2D eigenvalue weighted by molar-refractivity contribution is -0.274. The molecule has 0 aliphatic carbocycles. The van der Waals surface area contributed by atoms with Crippen LogP contribution in [-0.2, 0) is 4.79 Å². The van der Waals surface area contributed by atoms with E-state index in [-0.39, 0.29) is 23.8 Å². The maximum atomic E-state index is 12.7. The lowest BCUT2D eigenvalue weighted by Gasteiger charge is -2.23. The first kappa shape index (κ1) is 23.5. The van der Waals surface area contributed by atoms with Crippen molar-refractivity contribution in [1.82, 2.24) is 5.32 Å². The molecule has 0 aromatic heterocycles. The Bertz CT molecular complexity index is 983. The van der Waals surface area contributed by atoms with Gasteiger partial charge in [-0.3, -0.25) is 4.79 Å². The summed E-state index contributed by atoms with van der Waals surface area (Å²) >= 11 is 6.38. The van der Waals surface area contributed by atoms with Gasteiger partial charge in [0.2, 0.25) is 5.91 Å². The number of piperidine rings is 1. The zero-order chi connectivity index (χ0) is 23.4. The van der Waals surface area contributed by atoms with Gasteiger partial charge in [-0.2, -0.15) is 0 Å². The van der Waals surface area contributed by atoms with Crippen LogP contribution in [0.1, 0.15) is 25.7 Å². The van der Waals surface area contributed by atoms with Crippen LogP contribution in [0.15, 0.2) is 42.5 Å². The number of nitrogens with zero attached hydrogens (tertiary/aromatic N) is 1. The van der Waals surface area contributed by atoms with Gasteiger partial charge in [0, 0.05) is 18.7 Å². The number of ether oxygens (including phenoxy) is 2. The zero-order valence-electron chi connectivity index (χ0n) is 17.8. The van der Waals surface area contributed by atoms with E-state index >= 15 is 0 Å². The third-order valence-electron chi connectivity index (χ3n) is 5.70. The molecule has 1 amide bonds. The molecule has 2 aliphatic rings. The van der Waals surface area contributed by atoms with E-state index in [1.54, 1.807) is 35.2 Å². The standard InChI is InChI=1S/C23H25ClF3N3O3/c24-17-13-15(29-22(31)18-5-3-4-11-28-18)8-9-20(17)32-16-10-12-30(14-16)19-6-1-2-7-21(19)33-23(25,26)27/h1-2,6-9,13,16,18,28H,3-5,10-12,14H2,(H,29,31)/t16-,18+/m0/s1. The number of para-hydroxylation sites is 2. The lowest BCUT2D eigenvalue weighted by Crippen LogP contribution is -2.43. The molecule has 0 bridgehead atoms. The molecule has 10 heteroatoms. The highest BCUT2D eigenvalue weighted by Crippen LogP contribution is 2.36. The smallest absolute Gasteiger partial charge is 0.487 e. The van der Waals surface area contributed by atoms with Crippen molar-refractivity contribution in [3.63, 3.8) is 0 Å². The third-order valence-corrected chi connectivity index (χ3v) is 5.99. The highest BCUT2D eigenvalue weighted by molar-refractivity contribution is 6.32. The summed E-state index contributed by atoms with van der Waals surface area (Å²) in [5.74, 6) is 0.124. The molecule has 178 valence electrons. The fraction of sp³-hybridized carbons (Fsp3) is 0.435. The van der Waals surface area contributed by atoms with E-state index in [0.29, 0.717) is 41.7 Å². The minimum absolute atomic E-state index is 0.0920. The predicted octanol–water partition coefficient (Wildman–Crippen LogP) is 4.98. The number of amides is 1. The minimum atomic E-state index is -4.76. The number of hydrogen-bond donors (Lipinski definition) is 2. The van der Waals surface area contributed by atoms with E-state index in [1.165, 1.54) is 12.1 Å². The van der Waals surface area contributed by atoms with Gasteiger partial charge >= 0.3 is 6.36 Å². The van der Waals surface area contributed by atoms with Crippen molar-refractivity contribution in [2.45, 2.75) is 44.2 Å². The van der Waals surface area contributed by atoms with Gasteiger partial charge in [-0.15, -0.1) is 13.2 Å². The molecule has 6 nitrogen and oxygen atoms in total. The van der Waals surface area contributed by atoms with Crippen LogP contribution >= 0.6 is 11.6 Å². The van der Waals surface area contributed by atoms with E-state index in [4.69, 9.17) is 16.3 Å². The molecular formula is C23H25ClF3N3O3. The topological polar surface area (TPSA) is 62.8 Å². The van der Waals surface area contributed by atoms with Crippen molar-refractivity contribution in [2.75, 3.05) is 29.9 Å². The van der Waals surface area contributed by atoms with Crippen molar-refractivity contribution < 1.29 is 27.4 Å². The van der Waals surface area contributed by atoms with E-state index < -0.39 is 6.36 Å². The summed E-state index contributed by atoms with van der Waals surface area (Å²) in [5.41, 5.74) is 0.942. The van der Waals surface area contributed by atoms with Crippen molar-refractivity contribution >= 4 is 28.9 Å². The molecule has 2 heterocycles. The monoisotopic (exact) mass is 483 g/mol. The van der Waals surface area contributed by atoms with Crippen molar-refractivity contribution in [3.8, 4) is 11.5 Å². The molecule has 2 fully saturated rings. The number of carbonyl (C=O) groups is 1. The number of rotatable bonds is 6. The molecule has 2 aromatic carbocycles. The van der Waals surface area contributed by atoms with Gasteiger partial charge in [-0.1, -0.05) is 30.2 Å². The molecule has 0 saturated carbocycles. The summed E-state index contributed by atoms with van der Waals surface area (Å²) in [6, 6.07) is 10.9. The zero-order valence-corrected chi connectivity index (χ0v) is 18.6. The van der Waals surface area contributed by atoms with E-state index in [9.17, 15) is 18.0 Å². The molecule has 2 aromatic rings. The number of halogens is 4. The van der Waals surface area contributed by atoms with Crippen LogP contribution in [0.4, 0.5) is 24.5 Å². The number of alkyl halides is 3. The van der Waals surface area contributed by atoms with Gasteiger partial charge in [0.25, 0.3) is 0 Å². The predicted molar refractivity (Wildman–Crippen MR) is 120 cm³/mol. The van der Waals surface area contributed by atoms with Gasteiger partial charge in [0.15, 0.2) is 5.75 Å². The number of hydrogen-bond acceptors (Lipinski definition) is 5. The summed E-state index contributed by atoms with van der Waals surface area (Å²) < 4.78 is 48.4. The van der Waals surface area contributed by atoms with Crippen LogP contribution in [0.5, 0.6) is 11.5 Å². The van der Waals surface area contributed by atoms with Gasteiger partial charge in [-0.05, 0) is 49.7 Å². The summed E-state index contributed by atoms with van der Waals surface area (Å²) in [6.07, 6.45) is -1.51. The van der Waals surface area contributed by atoms with Crippen molar-refractivity contribution in [3.05, 3.63) is 47.5 Å².